The first-order chi connectivity index (χ1) is 8.52. The van der Waals surface area contributed by atoms with Crippen LogP contribution in [0.15, 0.2) is 18.2 Å². The standard InChI is InChI=1S/C12H16Cl2N2O2/c1-8(7-18-2)16-12(17)6-15-11-5-9(13)3-4-10(11)14/h3-5,8,15H,6-7H2,1-2H3,(H,16,17)/t8-/m1/s1. The number of rotatable bonds is 6. The van der Waals surface area contributed by atoms with Crippen molar-refractivity contribution in [3.63, 3.8) is 0 Å². The van der Waals surface area contributed by atoms with Crippen molar-refractivity contribution in [1.82, 2.24) is 5.32 Å². The van der Waals surface area contributed by atoms with Crippen molar-refractivity contribution in [2.45, 2.75) is 13.0 Å². The van der Waals surface area contributed by atoms with E-state index in [0.29, 0.717) is 22.3 Å². The number of ether oxygens (including phenoxy) is 1. The number of nitrogens with one attached hydrogen (secondary N) is 2. The fourth-order valence-electron chi connectivity index (χ4n) is 1.43. The van der Waals surface area contributed by atoms with Gasteiger partial charge in [0.25, 0.3) is 0 Å². The van der Waals surface area contributed by atoms with Gasteiger partial charge in [-0.05, 0) is 25.1 Å². The first kappa shape index (κ1) is 15.1. The molecule has 1 aromatic rings. The summed E-state index contributed by atoms with van der Waals surface area (Å²) in [5, 5.41) is 6.80. The molecule has 0 aromatic heterocycles. The molecule has 100 valence electrons. The van der Waals surface area contributed by atoms with Crippen LogP contribution < -0.4 is 10.6 Å². The molecule has 0 aliphatic rings. The molecular formula is C12H16Cl2N2O2. The summed E-state index contributed by atoms with van der Waals surface area (Å²) in [5.74, 6) is -0.129. The molecule has 18 heavy (non-hydrogen) atoms. The van der Waals surface area contributed by atoms with Gasteiger partial charge in [0.2, 0.25) is 5.91 Å². The Balaban J connectivity index is 2.45. The summed E-state index contributed by atoms with van der Waals surface area (Å²) < 4.78 is 4.93. The molecule has 1 rings (SSSR count). The van der Waals surface area contributed by atoms with Crippen LogP contribution in [0.2, 0.25) is 10.0 Å². The van der Waals surface area contributed by atoms with Crippen LogP contribution in [0.25, 0.3) is 0 Å². The fraction of sp³-hybridized carbons (Fsp3) is 0.417. The number of hydrogen-bond acceptors (Lipinski definition) is 3. The van der Waals surface area contributed by atoms with E-state index in [2.05, 4.69) is 10.6 Å². The summed E-state index contributed by atoms with van der Waals surface area (Å²) in [7, 11) is 1.59. The van der Waals surface area contributed by atoms with Gasteiger partial charge < -0.3 is 15.4 Å². The Labute approximate surface area is 117 Å². The highest BCUT2D eigenvalue weighted by molar-refractivity contribution is 6.35. The maximum atomic E-state index is 11.6. The van der Waals surface area contributed by atoms with E-state index in [9.17, 15) is 4.79 Å². The largest absolute Gasteiger partial charge is 0.383 e. The predicted octanol–water partition coefficient (Wildman–Crippen LogP) is 2.56. The lowest BCUT2D eigenvalue weighted by atomic mass is 10.3. The van der Waals surface area contributed by atoms with Crippen molar-refractivity contribution >= 4 is 34.8 Å². The molecule has 0 saturated carbocycles. The van der Waals surface area contributed by atoms with Gasteiger partial charge in [-0.1, -0.05) is 23.2 Å². The van der Waals surface area contributed by atoms with Gasteiger partial charge in [0.1, 0.15) is 0 Å². The summed E-state index contributed by atoms with van der Waals surface area (Å²) >= 11 is 11.8. The Kier molecular flexibility index (Phi) is 6.25. The zero-order valence-corrected chi connectivity index (χ0v) is 11.8. The molecule has 0 aliphatic heterocycles. The van der Waals surface area contributed by atoms with E-state index in [1.165, 1.54) is 0 Å². The number of carbonyl (C=O) groups excluding carboxylic acids is 1. The summed E-state index contributed by atoms with van der Waals surface area (Å²) in [6, 6.07) is 5.02. The molecule has 1 atom stereocenters. The van der Waals surface area contributed by atoms with Crippen LogP contribution in [-0.4, -0.2) is 32.2 Å². The molecule has 6 heteroatoms. The van der Waals surface area contributed by atoms with E-state index < -0.39 is 0 Å². The lowest BCUT2D eigenvalue weighted by molar-refractivity contribution is -0.120. The van der Waals surface area contributed by atoms with E-state index >= 15 is 0 Å². The molecule has 0 spiro atoms. The summed E-state index contributed by atoms with van der Waals surface area (Å²) in [6.45, 7) is 2.48. The van der Waals surface area contributed by atoms with Crippen LogP contribution in [0.4, 0.5) is 5.69 Å². The topological polar surface area (TPSA) is 50.4 Å². The van der Waals surface area contributed by atoms with E-state index in [1.54, 1.807) is 25.3 Å². The lowest BCUT2D eigenvalue weighted by Crippen LogP contribution is -2.39. The maximum Gasteiger partial charge on any atom is 0.239 e. The Morgan fingerprint density at radius 2 is 2.17 bits per heavy atom. The quantitative estimate of drug-likeness (QED) is 0.847. The Bertz CT molecular complexity index is 413. The molecule has 0 radical (unpaired) electrons. The molecular weight excluding hydrogens is 275 g/mol. The number of hydrogen-bond donors (Lipinski definition) is 2. The van der Waals surface area contributed by atoms with Crippen LogP contribution in [0.1, 0.15) is 6.92 Å². The predicted molar refractivity (Wildman–Crippen MR) is 74.4 cm³/mol. The van der Waals surface area contributed by atoms with Gasteiger partial charge in [-0.3, -0.25) is 4.79 Å². The van der Waals surface area contributed by atoms with Crippen molar-refractivity contribution in [1.29, 1.82) is 0 Å². The number of methoxy groups -OCH3 is 1. The smallest absolute Gasteiger partial charge is 0.239 e. The summed E-state index contributed by atoms with van der Waals surface area (Å²) in [5.41, 5.74) is 0.638. The van der Waals surface area contributed by atoms with Gasteiger partial charge in [-0.15, -0.1) is 0 Å². The van der Waals surface area contributed by atoms with Gasteiger partial charge in [0.05, 0.1) is 23.9 Å². The SMILES string of the molecule is COC[C@@H](C)NC(=O)CNc1cc(Cl)ccc1Cl. The zero-order chi connectivity index (χ0) is 13.5. The van der Waals surface area contributed by atoms with Crippen LogP contribution in [0.5, 0.6) is 0 Å². The normalized spacial score (nSPS) is 12.0. The number of benzene rings is 1. The molecule has 0 bridgehead atoms. The first-order valence-corrected chi connectivity index (χ1v) is 6.25. The van der Waals surface area contributed by atoms with E-state index in [0.717, 1.165) is 0 Å². The first-order valence-electron chi connectivity index (χ1n) is 5.50. The number of amides is 1. The second kappa shape index (κ2) is 7.46. The van der Waals surface area contributed by atoms with Crippen LogP contribution in [0, 0.1) is 0 Å². The second-order valence-electron chi connectivity index (χ2n) is 3.90. The van der Waals surface area contributed by atoms with Gasteiger partial charge >= 0.3 is 0 Å². The van der Waals surface area contributed by atoms with E-state index in [1.807, 2.05) is 6.92 Å². The third-order valence-electron chi connectivity index (χ3n) is 2.19. The van der Waals surface area contributed by atoms with Crippen molar-refractivity contribution < 1.29 is 9.53 Å². The van der Waals surface area contributed by atoms with Gasteiger partial charge in [0.15, 0.2) is 0 Å². The average molecular weight is 291 g/mol. The molecule has 0 heterocycles. The Morgan fingerprint density at radius 3 is 2.83 bits per heavy atom. The van der Waals surface area contributed by atoms with Gasteiger partial charge in [0, 0.05) is 18.2 Å². The van der Waals surface area contributed by atoms with E-state index in [4.69, 9.17) is 27.9 Å². The lowest BCUT2D eigenvalue weighted by Gasteiger charge is -2.14. The third kappa shape index (κ3) is 5.12. The molecule has 0 unspecified atom stereocenters. The summed E-state index contributed by atoms with van der Waals surface area (Å²) in [6.07, 6.45) is 0. The molecule has 0 aliphatic carbocycles. The van der Waals surface area contributed by atoms with Gasteiger partial charge in [-0.25, -0.2) is 0 Å². The third-order valence-corrected chi connectivity index (χ3v) is 2.76. The highest BCUT2D eigenvalue weighted by atomic mass is 35.5. The monoisotopic (exact) mass is 290 g/mol. The average Bonchev–Trinajstić information content (AvgIpc) is 2.30. The number of carbonyl (C=O) groups is 1. The minimum Gasteiger partial charge on any atom is -0.383 e. The molecule has 2 N–H and O–H groups in total. The molecule has 0 fully saturated rings. The highest BCUT2D eigenvalue weighted by Gasteiger charge is 2.08. The van der Waals surface area contributed by atoms with Crippen molar-refractivity contribution in [3.8, 4) is 0 Å². The van der Waals surface area contributed by atoms with Crippen LogP contribution in [-0.2, 0) is 9.53 Å². The van der Waals surface area contributed by atoms with E-state index in [-0.39, 0.29) is 18.5 Å². The maximum absolute atomic E-state index is 11.6. The molecule has 4 nitrogen and oxygen atoms in total. The minimum atomic E-state index is -0.129. The Hall–Kier alpha value is -0.970. The van der Waals surface area contributed by atoms with Crippen LogP contribution in [0.3, 0.4) is 0 Å². The zero-order valence-electron chi connectivity index (χ0n) is 10.3. The van der Waals surface area contributed by atoms with Crippen molar-refractivity contribution in [3.05, 3.63) is 28.2 Å². The van der Waals surface area contributed by atoms with Crippen molar-refractivity contribution in [2.24, 2.45) is 0 Å². The highest BCUT2D eigenvalue weighted by Crippen LogP contribution is 2.24. The molecule has 1 amide bonds. The van der Waals surface area contributed by atoms with Gasteiger partial charge in [-0.2, -0.15) is 0 Å². The van der Waals surface area contributed by atoms with Crippen LogP contribution >= 0.6 is 23.2 Å². The Morgan fingerprint density at radius 1 is 1.44 bits per heavy atom. The molecule has 1 aromatic carbocycles. The molecule has 0 saturated heterocycles. The second-order valence-corrected chi connectivity index (χ2v) is 4.75. The summed E-state index contributed by atoms with van der Waals surface area (Å²) in [4.78, 5) is 11.6. The van der Waals surface area contributed by atoms with Crippen molar-refractivity contribution in [2.75, 3.05) is 25.6 Å². The fourth-order valence-corrected chi connectivity index (χ4v) is 1.78. The minimum absolute atomic E-state index is 0.0286. The number of anilines is 1. The number of halogens is 2.